The summed E-state index contributed by atoms with van der Waals surface area (Å²) < 4.78 is 9.61. The second-order valence-electron chi connectivity index (χ2n) is 8.15. The fourth-order valence-corrected chi connectivity index (χ4v) is 5.56. The predicted molar refractivity (Wildman–Crippen MR) is 136 cm³/mol. The first-order chi connectivity index (χ1) is 16.0. The molecule has 0 unspecified atom stereocenters. The second kappa shape index (κ2) is 8.72. The van der Waals surface area contributed by atoms with Gasteiger partial charge >= 0.3 is 0 Å². The van der Waals surface area contributed by atoms with Gasteiger partial charge in [0.15, 0.2) is 10.2 Å². The number of amides is 1. The van der Waals surface area contributed by atoms with Crippen molar-refractivity contribution in [2.45, 2.75) is 26.2 Å². The molecule has 170 valence electrons. The molecule has 2 aliphatic rings. The maximum atomic E-state index is 13.4. The molecule has 0 radical (unpaired) electrons. The molecule has 0 aliphatic carbocycles. The zero-order chi connectivity index (χ0) is 23.1. The molecule has 0 spiro atoms. The highest BCUT2D eigenvalue weighted by Crippen LogP contribution is 2.37. The molecule has 9 heteroatoms. The van der Waals surface area contributed by atoms with Gasteiger partial charge in [-0.15, -0.1) is 0 Å². The number of hydrogen-bond donors (Lipinski definition) is 0. The van der Waals surface area contributed by atoms with Crippen molar-refractivity contribution >= 4 is 51.9 Å². The van der Waals surface area contributed by atoms with E-state index in [1.807, 2.05) is 49.4 Å². The van der Waals surface area contributed by atoms with Crippen LogP contribution >= 0.6 is 24.0 Å². The molecule has 7 nitrogen and oxygen atoms in total. The lowest BCUT2D eigenvalue weighted by molar-refractivity contribution is -0.113. The average Bonchev–Trinajstić information content (AvgIpc) is 3.46. The van der Waals surface area contributed by atoms with Gasteiger partial charge in [0, 0.05) is 32.3 Å². The van der Waals surface area contributed by atoms with E-state index < -0.39 is 0 Å². The summed E-state index contributed by atoms with van der Waals surface area (Å²) in [6.07, 6.45) is 5.27. The summed E-state index contributed by atoms with van der Waals surface area (Å²) in [5.41, 5.74) is 1.37. The van der Waals surface area contributed by atoms with E-state index in [0.29, 0.717) is 20.7 Å². The molecule has 2 saturated heterocycles. The topological polar surface area (TPSA) is 63.6 Å². The predicted octanol–water partition coefficient (Wildman–Crippen LogP) is 4.47. The van der Waals surface area contributed by atoms with Gasteiger partial charge in [-0.3, -0.25) is 19.2 Å². The fraction of sp³-hybridized carbons (Fsp3) is 0.292. The van der Waals surface area contributed by atoms with Crippen molar-refractivity contribution in [1.29, 1.82) is 0 Å². The number of thiocarbonyl (C=S) groups is 1. The summed E-state index contributed by atoms with van der Waals surface area (Å²) in [7, 11) is 1.80. The van der Waals surface area contributed by atoms with Crippen LogP contribution in [0.2, 0.25) is 0 Å². The van der Waals surface area contributed by atoms with Crippen LogP contribution in [-0.2, 0) is 11.8 Å². The van der Waals surface area contributed by atoms with Crippen molar-refractivity contribution in [2.24, 2.45) is 7.05 Å². The molecule has 1 amide bonds. The van der Waals surface area contributed by atoms with Crippen molar-refractivity contribution in [1.82, 2.24) is 9.36 Å². The summed E-state index contributed by atoms with van der Waals surface area (Å²) in [5.74, 6) is 1.11. The Morgan fingerprint density at radius 2 is 1.76 bits per heavy atom. The van der Waals surface area contributed by atoms with Crippen LogP contribution in [0, 0.1) is 6.92 Å². The number of aromatic nitrogens is 2. The Labute approximate surface area is 201 Å². The van der Waals surface area contributed by atoms with E-state index in [1.54, 1.807) is 22.5 Å². The smallest absolute Gasteiger partial charge is 0.296 e. The average molecular weight is 481 g/mol. The van der Waals surface area contributed by atoms with Crippen LogP contribution in [0.5, 0.6) is 0 Å². The third-order valence-electron chi connectivity index (χ3n) is 6.09. The number of carbonyl (C=O) groups excluding carboxylic acids is 1. The van der Waals surface area contributed by atoms with Crippen LogP contribution in [-0.4, -0.2) is 32.7 Å². The van der Waals surface area contributed by atoms with Crippen LogP contribution in [0.15, 0.2) is 56.6 Å². The first-order valence-corrected chi connectivity index (χ1v) is 12.1. The summed E-state index contributed by atoms with van der Waals surface area (Å²) in [5, 5.41) is 0. The number of carbonyl (C=O) groups is 1. The van der Waals surface area contributed by atoms with Crippen LogP contribution in [0.25, 0.3) is 11.8 Å². The summed E-state index contributed by atoms with van der Waals surface area (Å²) in [6, 6.07) is 13.1. The number of piperidine rings is 1. The third kappa shape index (κ3) is 3.85. The third-order valence-corrected chi connectivity index (χ3v) is 7.40. The lowest BCUT2D eigenvalue weighted by Gasteiger charge is -2.25. The van der Waals surface area contributed by atoms with Gasteiger partial charge in [0.05, 0.1) is 16.3 Å². The molecular weight excluding hydrogens is 456 g/mol. The Hall–Kier alpha value is -3.04. The number of anilines is 2. The first-order valence-electron chi connectivity index (χ1n) is 10.9. The molecular formula is C24H24N4O3S2. The first kappa shape index (κ1) is 21.8. The number of para-hydroxylation sites is 1. The molecule has 2 aromatic heterocycles. The Bertz CT molecular complexity index is 1310. The number of hydrogen-bond acceptors (Lipinski definition) is 6. The largest absolute Gasteiger partial charge is 0.441 e. The minimum absolute atomic E-state index is 0.278. The highest BCUT2D eigenvalue weighted by atomic mass is 32.2. The van der Waals surface area contributed by atoms with Crippen molar-refractivity contribution in [3.05, 3.63) is 69.2 Å². The van der Waals surface area contributed by atoms with E-state index >= 15 is 0 Å². The van der Waals surface area contributed by atoms with E-state index in [2.05, 4.69) is 4.90 Å². The molecule has 2 fully saturated rings. The molecule has 5 rings (SSSR count). The van der Waals surface area contributed by atoms with Gasteiger partial charge in [0.25, 0.3) is 11.5 Å². The highest BCUT2D eigenvalue weighted by Gasteiger charge is 2.38. The molecule has 0 atom stereocenters. The fourth-order valence-electron chi connectivity index (χ4n) is 4.31. The normalized spacial score (nSPS) is 18.1. The maximum absolute atomic E-state index is 13.4. The molecule has 2 aliphatic heterocycles. The lowest BCUT2D eigenvalue weighted by Crippen LogP contribution is -2.33. The van der Waals surface area contributed by atoms with Gasteiger partial charge in [-0.2, -0.15) is 0 Å². The zero-order valence-corrected chi connectivity index (χ0v) is 20.1. The van der Waals surface area contributed by atoms with E-state index in [1.165, 1.54) is 23.1 Å². The second-order valence-corrected chi connectivity index (χ2v) is 9.83. The summed E-state index contributed by atoms with van der Waals surface area (Å²) in [4.78, 5) is 30.7. The minimum Gasteiger partial charge on any atom is -0.441 e. The van der Waals surface area contributed by atoms with Crippen molar-refractivity contribution < 1.29 is 9.21 Å². The molecule has 33 heavy (non-hydrogen) atoms. The summed E-state index contributed by atoms with van der Waals surface area (Å²) >= 11 is 6.70. The molecule has 1 aromatic carbocycles. The Morgan fingerprint density at radius 1 is 1.03 bits per heavy atom. The number of furan rings is 1. The quantitative estimate of drug-likeness (QED) is 0.406. The Balaban J connectivity index is 1.46. The van der Waals surface area contributed by atoms with E-state index in [0.717, 1.165) is 37.5 Å². The molecule has 3 aromatic rings. The molecule has 0 saturated carbocycles. The SMILES string of the molecule is Cc1c(N2C(=O)/C(=C/c3ccc(N4CCCCC4)o3)SC2=S)c(=O)n(-c2ccccc2)n1C. The number of nitrogens with zero attached hydrogens (tertiary/aromatic N) is 4. The van der Waals surface area contributed by atoms with Gasteiger partial charge in [0.2, 0.25) is 0 Å². The van der Waals surface area contributed by atoms with E-state index in [-0.39, 0.29) is 17.2 Å². The van der Waals surface area contributed by atoms with Crippen molar-refractivity contribution in [3.8, 4) is 5.69 Å². The van der Waals surface area contributed by atoms with Crippen LogP contribution in [0.4, 0.5) is 11.6 Å². The molecule has 0 bridgehead atoms. The van der Waals surface area contributed by atoms with Crippen molar-refractivity contribution in [2.75, 3.05) is 22.9 Å². The van der Waals surface area contributed by atoms with Gasteiger partial charge in [0.1, 0.15) is 11.4 Å². The van der Waals surface area contributed by atoms with E-state index in [9.17, 15) is 9.59 Å². The van der Waals surface area contributed by atoms with Crippen LogP contribution in [0.1, 0.15) is 30.7 Å². The summed E-state index contributed by atoms with van der Waals surface area (Å²) in [6.45, 7) is 3.78. The van der Waals surface area contributed by atoms with Gasteiger partial charge in [-0.05, 0) is 44.4 Å². The number of benzene rings is 1. The van der Waals surface area contributed by atoms with Crippen LogP contribution < -0.4 is 15.4 Å². The Morgan fingerprint density at radius 3 is 2.48 bits per heavy atom. The Kier molecular flexibility index (Phi) is 5.76. The van der Waals surface area contributed by atoms with Gasteiger partial charge in [-0.1, -0.05) is 42.2 Å². The van der Waals surface area contributed by atoms with Crippen molar-refractivity contribution in [3.63, 3.8) is 0 Å². The van der Waals surface area contributed by atoms with Gasteiger partial charge < -0.3 is 9.32 Å². The lowest BCUT2D eigenvalue weighted by atomic mass is 10.1. The van der Waals surface area contributed by atoms with Gasteiger partial charge in [-0.25, -0.2) is 4.68 Å². The number of thioether (sulfide) groups is 1. The monoisotopic (exact) mass is 480 g/mol. The highest BCUT2D eigenvalue weighted by molar-refractivity contribution is 8.27. The molecule has 4 heterocycles. The zero-order valence-electron chi connectivity index (χ0n) is 18.5. The van der Waals surface area contributed by atoms with Crippen LogP contribution in [0.3, 0.4) is 0 Å². The maximum Gasteiger partial charge on any atom is 0.296 e. The molecule has 0 N–H and O–H groups in total. The standard InChI is InChI=1S/C24H24N4O3S2/c1-16-21(23(30)28(25(16)2)17-9-5-3-6-10-17)27-22(29)19(33-24(27)32)15-18-11-12-20(31-18)26-13-7-4-8-14-26/h3,5-6,9-12,15H,4,7-8,13-14H2,1-2H3/b19-15-. The van der Waals surface area contributed by atoms with E-state index in [4.69, 9.17) is 16.6 Å². The minimum atomic E-state index is -0.313. The number of rotatable bonds is 4.